The Bertz CT molecular complexity index is 448. The van der Waals surface area contributed by atoms with Gasteiger partial charge in [0.25, 0.3) is 0 Å². The van der Waals surface area contributed by atoms with E-state index in [1.165, 1.54) is 48.1 Å². The number of rotatable bonds is 4. The lowest BCUT2D eigenvalue weighted by atomic mass is 10.1. The summed E-state index contributed by atoms with van der Waals surface area (Å²) in [4.78, 5) is 6.70. The van der Waals surface area contributed by atoms with Gasteiger partial charge in [-0.1, -0.05) is 12.8 Å². The Balaban J connectivity index is 1.63. The molecule has 0 spiro atoms. The molecule has 1 saturated heterocycles. The van der Waals surface area contributed by atoms with Crippen molar-refractivity contribution < 1.29 is 0 Å². The van der Waals surface area contributed by atoms with E-state index in [1.807, 2.05) is 11.3 Å². The van der Waals surface area contributed by atoms with Crippen LogP contribution in [0.15, 0.2) is 15.9 Å². The van der Waals surface area contributed by atoms with Gasteiger partial charge in [-0.05, 0) is 41.8 Å². The predicted molar refractivity (Wildman–Crippen MR) is 93.8 cm³/mol. The highest BCUT2D eigenvalue weighted by molar-refractivity contribution is 9.10. The Morgan fingerprint density at radius 2 is 1.90 bits per heavy atom. The van der Waals surface area contributed by atoms with Crippen molar-refractivity contribution in [1.29, 1.82) is 0 Å². The van der Waals surface area contributed by atoms with Crippen LogP contribution < -0.4 is 5.73 Å². The van der Waals surface area contributed by atoms with Gasteiger partial charge in [-0.25, -0.2) is 0 Å². The SMILES string of the molecule is CC(N)C(c1cc(Br)cs1)N1CCN(C2CCCC2)CC1. The fourth-order valence-corrected chi connectivity index (χ4v) is 5.60. The number of nitrogens with zero attached hydrogens (tertiary/aromatic N) is 2. The zero-order valence-corrected chi connectivity index (χ0v) is 15.2. The van der Waals surface area contributed by atoms with E-state index in [1.54, 1.807) is 0 Å². The molecule has 1 aliphatic heterocycles. The average Bonchev–Trinajstić information content (AvgIpc) is 3.11. The van der Waals surface area contributed by atoms with Gasteiger partial charge >= 0.3 is 0 Å². The molecule has 2 unspecified atom stereocenters. The van der Waals surface area contributed by atoms with Gasteiger partial charge in [0.05, 0.1) is 6.04 Å². The lowest BCUT2D eigenvalue weighted by Crippen LogP contribution is -2.52. The lowest BCUT2D eigenvalue weighted by molar-refractivity contribution is 0.0644. The summed E-state index contributed by atoms with van der Waals surface area (Å²) in [6, 6.07) is 3.64. The molecule has 118 valence electrons. The maximum atomic E-state index is 6.30. The smallest absolute Gasteiger partial charge is 0.0592 e. The zero-order valence-electron chi connectivity index (χ0n) is 12.8. The van der Waals surface area contributed by atoms with Crippen LogP contribution in [0.5, 0.6) is 0 Å². The third-order valence-corrected chi connectivity index (χ3v) is 6.72. The molecule has 1 aromatic rings. The molecule has 1 saturated carbocycles. The topological polar surface area (TPSA) is 32.5 Å². The van der Waals surface area contributed by atoms with Gasteiger partial charge in [0.2, 0.25) is 0 Å². The summed E-state index contributed by atoms with van der Waals surface area (Å²) in [5.41, 5.74) is 6.30. The standard InChI is InChI=1S/C16H26BrN3S/c1-12(18)16(15-10-13(17)11-21-15)20-8-6-19(7-9-20)14-4-2-3-5-14/h10-12,14,16H,2-9,18H2,1H3. The van der Waals surface area contributed by atoms with Crippen molar-refractivity contribution in [3.05, 3.63) is 20.8 Å². The van der Waals surface area contributed by atoms with E-state index in [0.29, 0.717) is 6.04 Å². The van der Waals surface area contributed by atoms with Crippen molar-refractivity contribution in [2.24, 2.45) is 5.73 Å². The van der Waals surface area contributed by atoms with E-state index in [9.17, 15) is 0 Å². The minimum atomic E-state index is 0.175. The van der Waals surface area contributed by atoms with Crippen molar-refractivity contribution in [2.45, 2.75) is 50.7 Å². The number of halogens is 1. The fourth-order valence-electron chi connectivity index (χ4n) is 3.91. The molecule has 5 heteroatoms. The fraction of sp³-hybridized carbons (Fsp3) is 0.750. The first kappa shape index (κ1) is 15.9. The Morgan fingerprint density at radius 3 is 2.43 bits per heavy atom. The molecule has 2 heterocycles. The molecular weight excluding hydrogens is 346 g/mol. The van der Waals surface area contributed by atoms with Gasteiger partial charge in [0.1, 0.15) is 0 Å². The summed E-state index contributed by atoms with van der Waals surface area (Å²) in [5.74, 6) is 0. The zero-order chi connectivity index (χ0) is 14.8. The summed E-state index contributed by atoms with van der Waals surface area (Å²) >= 11 is 5.39. The van der Waals surface area contributed by atoms with Crippen LogP contribution in [-0.4, -0.2) is 48.1 Å². The maximum absolute atomic E-state index is 6.30. The summed E-state index contributed by atoms with van der Waals surface area (Å²) in [6.45, 7) is 6.86. The van der Waals surface area contributed by atoms with Crippen LogP contribution in [-0.2, 0) is 0 Å². The van der Waals surface area contributed by atoms with Crippen LogP contribution in [0, 0.1) is 0 Å². The summed E-state index contributed by atoms with van der Waals surface area (Å²) in [7, 11) is 0. The third kappa shape index (κ3) is 3.70. The Hall–Kier alpha value is 0.0600. The average molecular weight is 372 g/mol. The Morgan fingerprint density at radius 1 is 1.24 bits per heavy atom. The largest absolute Gasteiger partial charge is 0.326 e. The van der Waals surface area contributed by atoms with Crippen molar-refractivity contribution in [3.8, 4) is 0 Å². The van der Waals surface area contributed by atoms with Crippen LogP contribution in [0.1, 0.15) is 43.5 Å². The predicted octanol–water partition coefficient (Wildman–Crippen LogP) is 3.46. The van der Waals surface area contributed by atoms with E-state index in [2.05, 4.69) is 44.1 Å². The number of piperazine rings is 1. The molecule has 2 fully saturated rings. The van der Waals surface area contributed by atoms with Crippen LogP contribution >= 0.6 is 27.3 Å². The second kappa shape index (κ2) is 7.09. The Labute approximate surface area is 140 Å². The van der Waals surface area contributed by atoms with E-state index in [-0.39, 0.29) is 6.04 Å². The number of nitrogens with two attached hydrogens (primary N) is 1. The second-order valence-corrected chi connectivity index (χ2v) is 8.34. The van der Waals surface area contributed by atoms with Gasteiger partial charge < -0.3 is 5.73 Å². The monoisotopic (exact) mass is 371 g/mol. The highest BCUT2D eigenvalue weighted by Gasteiger charge is 2.31. The molecule has 0 aromatic carbocycles. The molecule has 1 aliphatic carbocycles. The van der Waals surface area contributed by atoms with E-state index in [0.717, 1.165) is 19.1 Å². The first-order valence-electron chi connectivity index (χ1n) is 8.13. The first-order valence-corrected chi connectivity index (χ1v) is 9.80. The van der Waals surface area contributed by atoms with Gasteiger partial charge in [-0.3, -0.25) is 9.80 Å². The van der Waals surface area contributed by atoms with Crippen LogP contribution in [0.3, 0.4) is 0 Å². The molecule has 2 N–H and O–H groups in total. The van der Waals surface area contributed by atoms with Gasteiger partial charge in [-0.15, -0.1) is 11.3 Å². The Kier molecular flexibility index (Phi) is 5.38. The summed E-state index contributed by atoms with van der Waals surface area (Å²) in [6.07, 6.45) is 5.68. The third-order valence-electron chi connectivity index (χ3n) is 4.96. The van der Waals surface area contributed by atoms with Crippen molar-refractivity contribution >= 4 is 27.3 Å². The molecule has 1 aromatic heterocycles. The minimum Gasteiger partial charge on any atom is -0.326 e. The highest BCUT2D eigenvalue weighted by Crippen LogP contribution is 2.33. The molecule has 3 rings (SSSR count). The van der Waals surface area contributed by atoms with E-state index in [4.69, 9.17) is 5.73 Å². The van der Waals surface area contributed by atoms with Gasteiger partial charge in [0.15, 0.2) is 0 Å². The number of hydrogen-bond donors (Lipinski definition) is 1. The van der Waals surface area contributed by atoms with Crippen molar-refractivity contribution in [3.63, 3.8) is 0 Å². The highest BCUT2D eigenvalue weighted by atomic mass is 79.9. The lowest BCUT2D eigenvalue weighted by Gasteiger charge is -2.42. The van der Waals surface area contributed by atoms with Crippen molar-refractivity contribution in [2.75, 3.05) is 26.2 Å². The first-order chi connectivity index (χ1) is 10.1. The number of hydrogen-bond acceptors (Lipinski definition) is 4. The molecule has 0 bridgehead atoms. The van der Waals surface area contributed by atoms with Crippen LogP contribution in [0.25, 0.3) is 0 Å². The molecule has 0 amide bonds. The molecule has 3 nitrogen and oxygen atoms in total. The molecule has 0 radical (unpaired) electrons. The van der Waals surface area contributed by atoms with Crippen molar-refractivity contribution in [1.82, 2.24) is 9.80 Å². The number of thiophene rings is 1. The maximum Gasteiger partial charge on any atom is 0.0592 e. The summed E-state index contributed by atoms with van der Waals surface area (Å²) < 4.78 is 1.18. The van der Waals surface area contributed by atoms with Gasteiger partial charge in [-0.2, -0.15) is 0 Å². The molecule has 2 atom stereocenters. The molecule has 21 heavy (non-hydrogen) atoms. The summed E-state index contributed by atoms with van der Waals surface area (Å²) in [5, 5.41) is 2.17. The van der Waals surface area contributed by atoms with Gasteiger partial charge in [0, 0.05) is 53.0 Å². The van der Waals surface area contributed by atoms with E-state index < -0.39 is 0 Å². The minimum absolute atomic E-state index is 0.175. The second-order valence-electron chi connectivity index (χ2n) is 6.48. The normalized spacial score (nSPS) is 25.3. The molecular formula is C16H26BrN3S. The van der Waals surface area contributed by atoms with Crippen LogP contribution in [0.2, 0.25) is 0 Å². The van der Waals surface area contributed by atoms with Crippen LogP contribution in [0.4, 0.5) is 0 Å². The molecule has 2 aliphatic rings. The van der Waals surface area contributed by atoms with E-state index >= 15 is 0 Å². The quantitative estimate of drug-likeness (QED) is 0.879.